The van der Waals surface area contributed by atoms with Gasteiger partial charge < -0.3 is 9.84 Å². The number of furan rings is 1. The number of nitrogens with two attached hydrogens (primary N) is 1. The fraction of sp³-hybridized carbons (Fsp3) is 0.375. The number of hydrogen-bond acceptors (Lipinski definition) is 3. The molecule has 70 valence electrons. The van der Waals surface area contributed by atoms with Gasteiger partial charge in [-0.05, 0) is 30.5 Å². The molecule has 1 aromatic rings. The van der Waals surface area contributed by atoms with Gasteiger partial charge in [-0.2, -0.15) is 0 Å². The van der Waals surface area contributed by atoms with Gasteiger partial charge in [-0.25, -0.2) is 5.84 Å². The van der Waals surface area contributed by atoms with E-state index in [4.69, 9.17) is 21.9 Å². The molecule has 5 heteroatoms. The van der Waals surface area contributed by atoms with Crippen LogP contribution in [-0.4, -0.2) is 11.9 Å². The first kappa shape index (κ1) is 8.59. The molecule has 0 amide bonds. The summed E-state index contributed by atoms with van der Waals surface area (Å²) in [6.07, 6.45) is 3.76. The number of nitrogens with zero attached hydrogens (tertiary/aromatic N) is 1. The van der Waals surface area contributed by atoms with E-state index in [0.717, 1.165) is 18.4 Å². The molecule has 3 N–H and O–H groups in total. The second-order valence-electron chi connectivity index (χ2n) is 2.96. The van der Waals surface area contributed by atoms with Crippen LogP contribution >= 0.6 is 11.6 Å². The number of amidine groups is 1. The maximum Gasteiger partial charge on any atom is 0.203 e. The van der Waals surface area contributed by atoms with Crippen LogP contribution in [-0.2, 0) is 0 Å². The molecule has 4 nitrogen and oxygen atoms in total. The number of aliphatic imine (C=N–C) groups is 1. The van der Waals surface area contributed by atoms with E-state index in [1.807, 2.05) is 0 Å². The molecule has 0 unspecified atom stereocenters. The first-order valence-corrected chi connectivity index (χ1v) is 4.47. The standard InChI is InChI=1S/C8H10ClN3O/c9-7-6(3-4-13-7)8(12-10)11-5-1-2-5/h3-5H,1-2,10H2,(H,11,12). The first-order chi connectivity index (χ1) is 6.31. The molecule has 0 bridgehead atoms. The molecular formula is C8H10ClN3O. The number of rotatable bonds is 2. The fourth-order valence-electron chi connectivity index (χ4n) is 1.03. The van der Waals surface area contributed by atoms with Gasteiger partial charge in [0.2, 0.25) is 5.22 Å². The molecule has 1 fully saturated rings. The van der Waals surface area contributed by atoms with Crippen LogP contribution in [0.15, 0.2) is 21.7 Å². The second-order valence-corrected chi connectivity index (χ2v) is 3.30. The summed E-state index contributed by atoms with van der Waals surface area (Å²) >= 11 is 5.77. The summed E-state index contributed by atoms with van der Waals surface area (Å²) < 4.78 is 4.94. The third-order valence-corrected chi connectivity index (χ3v) is 2.16. The second kappa shape index (κ2) is 3.40. The Kier molecular flexibility index (Phi) is 2.24. The van der Waals surface area contributed by atoms with Gasteiger partial charge in [-0.3, -0.25) is 4.99 Å². The van der Waals surface area contributed by atoms with E-state index in [1.165, 1.54) is 6.26 Å². The molecule has 1 heterocycles. The van der Waals surface area contributed by atoms with Crippen LogP contribution < -0.4 is 11.3 Å². The van der Waals surface area contributed by atoms with Crippen molar-refractivity contribution >= 4 is 17.4 Å². The van der Waals surface area contributed by atoms with E-state index in [0.29, 0.717) is 17.1 Å². The lowest BCUT2D eigenvalue weighted by Crippen LogP contribution is -2.31. The molecule has 0 saturated heterocycles. The fourth-order valence-corrected chi connectivity index (χ4v) is 1.24. The Labute approximate surface area is 80.7 Å². The zero-order valence-electron chi connectivity index (χ0n) is 6.96. The summed E-state index contributed by atoms with van der Waals surface area (Å²) in [5.41, 5.74) is 3.24. The van der Waals surface area contributed by atoms with E-state index in [2.05, 4.69) is 10.4 Å². The van der Waals surface area contributed by atoms with Crippen LogP contribution in [0.4, 0.5) is 0 Å². The molecular weight excluding hydrogens is 190 g/mol. The van der Waals surface area contributed by atoms with Crippen molar-refractivity contribution in [3.05, 3.63) is 23.1 Å². The third kappa shape index (κ3) is 1.84. The molecule has 0 atom stereocenters. The lowest BCUT2D eigenvalue weighted by Gasteiger charge is -2.02. The van der Waals surface area contributed by atoms with Crippen molar-refractivity contribution in [2.75, 3.05) is 0 Å². The summed E-state index contributed by atoms with van der Waals surface area (Å²) in [5.74, 6) is 5.93. The van der Waals surface area contributed by atoms with Gasteiger partial charge in [0.15, 0.2) is 0 Å². The third-order valence-electron chi connectivity index (χ3n) is 1.87. The predicted molar refractivity (Wildman–Crippen MR) is 50.6 cm³/mol. The Morgan fingerprint density at radius 1 is 1.69 bits per heavy atom. The van der Waals surface area contributed by atoms with Gasteiger partial charge in [0.1, 0.15) is 5.84 Å². The Bertz CT molecular complexity index is 330. The largest absolute Gasteiger partial charge is 0.452 e. The van der Waals surface area contributed by atoms with Crippen LogP contribution in [0.1, 0.15) is 18.4 Å². The molecule has 0 aromatic carbocycles. The van der Waals surface area contributed by atoms with E-state index < -0.39 is 0 Å². The summed E-state index contributed by atoms with van der Waals surface area (Å²) in [6, 6.07) is 2.14. The Morgan fingerprint density at radius 3 is 2.92 bits per heavy atom. The van der Waals surface area contributed by atoms with Gasteiger partial charge in [0.25, 0.3) is 0 Å². The summed E-state index contributed by atoms with van der Waals surface area (Å²) in [7, 11) is 0. The zero-order chi connectivity index (χ0) is 9.26. The van der Waals surface area contributed by atoms with E-state index in [9.17, 15) is 0 Å². The molecule has 1 aliphatic carbocycles. The molecule has 1 aliphatic rings. The smallest absolute Gasteiger partial charge is 0.203 e. The molecule has 0 aliphatic heterocycles. The number of hydrazine groups is 1. The monoisotopic (exact) mass is 199 g/mol. The van der Waals surface area contributed by atoms with Crippen molar-refractivity contribution in [2.24, 2.45) is 10.8 Å². The average Bonchev–Trinajstić information content (AvgIpc) is 2.85. The van der Waals surface area contributed by atoms with Crippen molar-refractivity contribution in [3.8, 4) is 0 Å². The first-order valence-electron chi connectivity index (χ1n) is 4.09. The summed E-state index contributed by atoms with van der Waals surface area (Å²) in [6.45, 7) is 0. The highest BCUT2D eigenvalue weighted by molar-refractivity contribution is 6.32. The Morgan fingerprint density at radius 2 is 2.46 bits per heavy atom. The molecule has 13 heavy (non-hydrogen) atoms. The Balaban J connectivity index is 2.25. The predicted octanol–water partition coefficient (Wildman–Crippen LogP) is 1.31. The van der Waals surface area contributed by atoms with Gasteiger partial charge in [0.05, 0.1) is 17.9 Å². The highest BCUT2D eigenvalue weighted by Gasteiger charge is 2.22. The summed E-state index contributed by atoms with van der Waals surface area (Å²) in [4.78, 5) is 4.35. The maximum absolute atomic E-state index is 5.77. The van der Waals surface area contributed by atoms with Crippen LogP contribution in [0.5, 0.6) is 0 Å². The molecule has 1 saturated carbocycles. The van der Waals surface area contributed by atoms with Crippen LogP contribution in [0.3, 0.4) is 0 Å². The van der Waals surface area contributed by atoms with Gasteiger partial charge >= 0.3 is 0 Å². The molecule has 0 spiro atoms. The van der Waals surface area contributed by atoms with Crippen molar-refractivity contribution < 1.29 is 4.42 Å². The number of hydrogen-bond donors (Lipinski definition) is 2. The van der Waals surface area contributed by atoms with Crippen LogP contribution in [0.2, 0.25) is 5.22 Å². The average molecular weight is 200 g/mol. The number of nitrogens with one attached hydrogen (secondary N) is 1. The lowest BCUT2D eigenvalue weighted by atomic mass is 10.3. The van der Waals surface area contributed by atoms with Crippen LogP contribution in [0, 0.1) is 0 Å². The Hall–Kier alpha value is -1.00. The SMILES string of the molecule is NNC(=NC1CC1)c1ccoc1Cl. The van der Waals surface area contributed by atoms with Crippen molar-refractivity contribution in [1.29, 1.82) is 0 Å². The van der Waals surface area contributed by atoms with Gasteiger partial charge in [-0.15, -0.1) is 0 Å². The van der Waals surface area contributed by atoms with E-state index >= 15 is 0 Å². The highest BCUT2D eigenvalue weighted by atomic mass is 35.5. The topological polar surface area (TPSA) is 63.5 Å². The minimum Gasteiger partial charge on any atom is -0.452 e. The van der Waals surface area contributed by atoms with Crippen molar-refractivity contribution in [2.45, 2.75) is 18.9 Å². The van der Waals surface area contributed by atoms with Gasteiger partial charge in [0, 0.05) is 0 Å². The summed E-state index contributed by atoms with van der Waals surface area (Å²) in [5, 5.41) is 0.317. The van der Waals surface area contributed by atoms with Crippen molar-refractivity contribution in [1.82, 2.24) is 5.43 Å². The zero-order valence-corrected chi connectivity index (χ0v) is 7.71. The van der Waals surface area contributed by atoms with Crippen molar-refractivity contribution in [3.63, 3.8) is 0 Å². The van der Waals surface area contributed by atoms with E-state index in [1.54, 1.807) is 6.07 Å². The van der Waals surface area contributed by atoms with Crippen LogP contribution in [0.25, 0.3) is 0 Å². The molecule has 1 aromatic heterocycles. The molecule has 2 rings (SSSR count). The molecule has 0 radical (unpaired) electrons. The van der Waals surface area contributed by atoms with Gasteiger partial charge in [-0.1, -0.05) is 0 Å². The normalized spacial score (nSPS) is 17.5. The maximum atomic E-state index is 5.77. The number of halogens is 1. The quantitative estimate of drug-likeness (QED) is 0.327. The minimum atomic E-state index is 0.317. The highest BCUT2D eigenvalue weighted by Crippen LogP contribution is 2.25. The minimum absolute atomic E-state index is 0.317. The lowest BCUT2D eigenvalue weighted by molar-refractivity contribution is 0.568. The van der Waals surface area contributed by atoms with E-state index in [-0.39, 0.29) is 0 Å².